The lowest BCUT2D eigenvalue weighted by atomic mass is 10.2. The Hall–Kier alpha value is -2.32. The minimum atomic E-state index is 0.128. The Morgan fingerprint density at radius 1 is 1.36 bits per heavy atom. The number of nitrogens with zero attached hydrogens (tertiary/aromatic N) is 3. The molecule has 0 radical (unpaired) electrons. The summed E-state index contributed by atoms with van der Waals surface area (Å²) in [7, 11) is 0. The highest BCUT2D eigenvalue weighted by atomic mass is 35.5. The number of halogens is 1. The van der Waals surface area contributed by atoms with Gasteiger partial charge in [-0.3, -0.25) is 4.98 Å². The van der Waals surface area contributed by atoms with Crippen LogP contribution in [0.5, 0.6) is 6.01 Å². The number of hydrogen-bond acceptors (Lipinski definition) is 7. The van der Waals surface area contributed by atoms with Crippen molar-refractivity contribution in [3.63, 3.8) is 0 Å². The maximum Gasteiger partial charge on any atom is 0.296 e. The lowest BCUT2D eigenvalue weighted by molar-refractivity contribution is 0.131. The second-order valence-electron chi connectivity index (χ2n) is 4.91. The number of aromatic amines is 1. The lowest BCUT2D eigenvalue weighted by Crippen LogP contribution is -2.50. The largest absolute Gasteiger partial charge is 0.467 e. The van der Waals surface area contributed by atoms with Crippen LogP contribution in [0.25, 0.3) is 11.2 Å². The molecule has 4 rings (SSSR count). The van der Waals surface area contributed by atoms with Gasteiger partial charge >= 0.3 is 0 Å². The zero-order valence-corrected chi connectivity index (χ0v) is 12.2. The molecule has 0 amide bonds. The summed E-state index contributed by atoms with van der Waals surface area (Å²) in [6.45, 7) is 2.10. The first kappa shape index (κ1) is 13.4. The SMILES string of the molecule is Clc1nc(NCc2ccco2)c2nc(OC3CNC3)[nH]c2n1. The van der Waals surface area contributed by atoms with E-state index in [9.17, 15) is 0 Å². The highest BCUT2D eigenvalue weighted by molar-refractivity contribution is 6.28. The third kappa shape index (κ3) is 2.58. The van der Waals surface area contributed by atoms with Gasteiger partial charge in [-0.05, 0) is 23.7 Å². The van der Waals surface area contributed by atoms with Crippen molar-refractivity contribution in [1.29, 1.82) is 0 Å². The van der Waals surface area contributed by atoms with Crippen molar-refractivity contribution < 1.29 is 9.15 Å². The van der Waals surface area contributed by atoms with Crippen LogP contribution in [0.1, 0.15) is 5.76 Å². The summed E-state index contributed by atoms with van der Waals surface area (Å²) in [5, 5.41) is 6.41. The second-order valence-corrected chi connectivity index (χ2v) is 5.25. The van der Waals surface area contributed by atoms with Crippen LogP contribution < -0.4 is 15.4 Å². The molecule has 4 heterocycles. The molecule has 114 valence electrons. The van der Waals surface area contributed by atoms with Crippen molar-refractivity contribution in [3.05, 3.63) is 29.4 Å². The van der Waals surface area contributed by atoms with Gasteiger partial charge in [-0.2, -0.15) is 15.0 Å². The van der Waals surface area contributed by atoms with Crippen LogP contribution in [0, 0.1) is 0 Å². The number of hydrogen-bond donors (Lipinski definition) is 3. The molecule has 1 aliphatic rings. The summed E-state index contributed by atoms with van der Waals surface area (Å²) in [6, 6.07) is 4.11. The molecule has 3 aromatic rings. The van der Waals surface area contributed by atoms with Gasteiger partial charge in [0.1, 0.15) is 11.9 Å². The number of imidazole rings is 1. The number of fused-ring (bicyclic) bond motifs is 1. The molecule has 0 saturated carbocycles. The maximum atomic E-state index is 5.95. The van der Waals surface area contributed by atoms with E-state index in [1.54, 1.807) is 6.26 Å². The summed E-state index contributed by atoms with van der Waals surface area (Å²) < 4.78 is 11.0. The quantitative estimate of drug-likeness (QED) is 0.613. The molecular weight excluding hydrogens is 308 g/mol. The van der Waals surface area contributed by atoms with Gasteiger partial charge in [0.25, 0.3) is 6.01 Å². The van der Waals surface area contributed by atoms with Gasteiger partial charge < -0.3 is 19.8 Å². The van der Waals surface area contributed by atoms with Gasteiger partial charge in [0.05, 0.1) is 12.8 Å². The Labute approximate surface area is 130 Å². The minimum Gasteiger partial charge on any atom is -0.467 e. The lowest BCUT2D eigenvalue weighted by Gasteiger charge is -2.26. The van der Waals surface area contributed by atoms with Crippen LogP contribution in [0.3, 0.4) is 0 Å². The molecule has 0 atom stereocenters. The zero-order valence-electron chi connectivity index (χ0n) is 11.5. The van der Waals surface area contributed by atoms with Gasteiger partial charge in [0.2, 0.25) is 5.28 Å². The van der Waals surface area contributed by atoms with E-state index < -0.39 is 0 Å². The number of rotatable bonds is 5. The fourth-order valence-electron chi connectivity index (χ4n) is 2.12. The molecule has 0 bridgehead atoms. The first-order chi connectivity index (χ1) is 10.8. The third-order valence-electron chi connectivity index (χ3n) is 3.33. The normalized spacial score (nSPS) is 15.0. The molecule has 22 heavy (non-hydrogen) atoms. The van der Waals surface area contributed by atoms with Crippen LogP contribution in [0.4, 0.5) is 5.82 Å². The van der Waals surface area contributed by atoms with Crippen molar-refractivity contribution >= 4 is 28.6 Å². The number of H-pyrrole nitrogens is 1. The molecule has 1 saturated heterocycles. The topological polar surface area (TPSA) is 101 Å². The monoisotopic (exact) mass is 320 g/mol. The number of nitrogens with one attached hydrogen (secondary N) is 3. The van der Waals surface area contributed by atoms with Crippen LogP contribution >= 0.6 is 11.6 Å². The van der Waals surface area contributed by atoms with Crippen LogP contribution in [-0.2, 0) is 6.54 Å². The smallest absolute Gasteiger partial charge is 0.296 e. The summed E-state index contributed by atoms with van der Waals surface area (Å²) >= 11 is 5.95. The van der Waals surface area contributed by atoms with E-state index in [-0.39, 0.29) is 11.4 Å². The predicted octanol–water partition coefficient (Wildman–Crippen LogP) is 1.56. The molecule has 0 spiro atoms. The highest BCUT2D eigenvalue weighted by Gasteiger charge is 2.21. The molecule has 8 nitrogen and oxygen atoms in total. The molecular formula is C13H13ClN6O2. The Morgan fingerprint density at radius 2 is 2.27 bits per heavy atom. The zero-order chi connectivity index (χ0) is 14.9. The van der Waals surface area contributed by atoms with Gasteiger partial charge in [-0.25, -0.2) is 0 Å². The predicted molar refractivity (Wildman–Crippen MR) is 80.0 cm³/mol. The van der Waals surface area contributed by atoms with Crippen molar-refractivity contribution in [3.8, 4) is 6.01 Å². The molecule has 3 aromatic heterocycles. The van der Waals surface area contributed by atoms with Crippen LogP contribution in [-0.4, -0.2) is 39.1 Å². The highest BCUT2D eigenvalue weighted by Crippen LogP contribution is 2.24. The first-order valence-electron chi connectivity index (χ1n) is 6.85. The molecule has 0 aliphatic carbocycles. The summed E-state index contributed by atoms with van der Waals surface area (Å²) in [5.41, 5.74) is 1.11. The summed E-state index contributed by atoms with van der Waals surface area (Å²) in [5.74, 6) is 1.32. The van der Waals surface area contributed by atoms with E-state index >= 15 is 0 Å². The van der Waals surface area contributed by atoms with Gasteiger partial charge in [0, 0.05) is 13.1 Å². The molecule has 0 unspecified atom stereocenters. The average molecular weight is 321 g/mol. The van der Waals surface area contributed by atoms with Crippen molar-refractivity contribution in [2.75, 3.05) is 18.4 Å². The van der Waals surface area contributed by atoms with Crippen molar-refractivity contribution in [2.24, 2.45) is 0 Å². The van der Waals surface area contributed by atoms with Gasteiger partial charge in [-0.1, -0.05) is 0 Å². The van der Waals surface area contributed by atoms with Crippen molar-refractivity contribution in [1.82, 2.24) is 25.3 Å². The number of anilines is 1. The Kier molecular flexibility index (Phi) is 3.32. The maximum absolute atomic E-state index is 5.95. The fraction of sp³-hybridized carbons (Fsp3) is 0.308. The van der Waals surface area contributed by atoms with E-state index in [2.05, 4.69) is 30.6 Å². The second kappa shape index (κ2) is 5.47. The molecule has 3 N–H and O–H groups in total. The van der Waals surface area contributed by atoms with E-state index in [0.717, 1.165) is 18.8 Å². The van der Waals surface area contributed by atoms with Crippen LogP contribution in [0.15, 0.2) is 22.8 Å². The number of furan rings is 1. The number of aromatic nitrogens is 4. The molecule has 0 aromatic carbocycles. The van der Waals surface area contributed by atoms with Crippen molar-refractivity contribution in [2.45, 2.75) is 12.6 Å². The van der Waals surface area contributed by atoms with Crippen LogP contribution in [0.2, 0.25) is 5.28 Å². The van der Waals surface area contributed by atoms with Gasteiger partial charge in [0.15, 0.2) is 17.0 Å². The van der Waals surface area contributed by atoms with E-state index in [4.69, 9.17) is 20.8 Å². The van der Waals surface area contributed by atoms with E-state index in [1.807, 2.05) is 12.1 Å². The number of ether oxygens (including phenoxy) is 1. The van der Waals surface area contributed by atoms with Gasteiger partial charge in [-0.15, -0.1) is 0 Å². The third-order valence-corrected chi connectivity index (χ3v) is 3.50. The first-order valence-corrected chi connectivity index (χ1v) is 7.22. The van der Waals surface area contributed by atoms with E-state index in [0.29, 0.717) is 29.5 Å². The fourth-order valence-corrected chi connectivity index (χ4v) is 2.29. The minimum absolute atomic E-state index is 0.128. The molecule has 1 aliphatic heterocycles. The standard InChI is InChI=1S/C13H13ClN6O2/c14-12-18-10(16-6-7-2-1-3-21-7)9-11(19-12)20-13(17-9)22-8-4-15-5-8/h1-3,8,15H,4-6H2,(H2,16,17,18,19,20). The Balaban J connectivity index is 1.60. The Morgan fingerprint density at radius 3 is 3.00 bits per heavy atom. The van der Waals surface area contributed by atoms with E-state index in [1.165, 1.54) is 0 Å². The Bertz CT molecular complexity index is 783. The summed E-state index contributed by atoms with van der Waals surface area (Å²) in [4.78, 5) is 15.7. The molecule has 9 heteroatoms. The molecule has 1 fully saturated rings. The average Bonchev–Trinajstić information content (AvgIpc) is 3.09. The summed E-state index contributed by atoms with van der Waals surface area (Å²) in [6.07, 6.45) is 1.75.